The minimum absolute atomic E-state index is 0.433. The van der Waals surface area contributed by atoms with Gasteiger partial charge in [0.25, 0.3) is 0 Å². The van der Waals surface area contributed by atoms with Crippen molar-refractivity contribution in [1.82, 2.24) is 5.32 Å². The summed E-state index contributed by atoms with van der Waals surface area (Å²) in [6.45, 7) is 5.04. The van der Waals surface area contributed by atoms with E-state index in [1.165, 1.54) is 0 Å². The standard InChI is InChI=1S/C12H17N3OS/c1-8(2)7-14-12(17)15-10-5-3-9(4-6-10)11(13)16/h3-6,8H,7H2,1-2H3,(H2,13,16)(H2,14,15,17). The molecule has 0 bridgehead atoms. The van der Waals surface area contributed by atoms with Crippen LogP contribution in [-0.2, 0) is 0 Å². The predicted octanol–water partition coefficient (Wildman–Crippen LogP) is 1.73. The number of carbonyl (C=O) groups excluding carboxylic acids is 1. The van der Waals surface area contributed by atoms with E-state index in [1.54, 1.807) is 24.3 Å². The molecule has 1 rings (SSSR count). The maximum absolute atomic E-state index is 10.9. The van der Waals surface area contributed by atoms with Crippen molar-refractivity contribution in [2.75, 3.05) is 11.9 Å². The summed E-state index contributed by atoms with van der Waals surface area (Å²) in [4.78, 5) is 10.9. The van der Waals surface area contributed by atoms with Crippen molar-refractivity contribution >= 4 is 28.9 Å². The first-order valence-corrected chi connectivity index (χ1v) is 5.84. The third kappa shape index (κ3) is 4.82. The molecule has 0 radical (unpaired) electrons. The Labute approximate surface area is 107 Å². The molecule has 0 saturated carbocycles. The third-order valence-electron chi connectivity index (χ3n) is 2.10. The van der Waals surface area contributed by atoms with Crippen molar-refractivity contribution in [2.45, 2.75) is 13.8 Å². The first-order valence-electron chi connectivity index (χ1n) is 5.43. The van der Waals surface area contributed by atoms with Crippen LogP contribution in [0.3, 0.4) is 0 Å². The largest absolute Gasteiger partial charge is 0.366 e. The molecule has 0 unspecified atom stereocenters. The van der Waals surface area contributed by atoms with Crippen LogP contribution in [0.2, 0.25) is 0 Å². The second-order valence-corrected chi connectivity index (χ2v) is 4.58. The molecule has 0 fully saturated rings. The highest BCUT2D eigenvalue weighted by molar-refractivity contribution is 7.80. The van der Waals surface area contributed by atoms with Gasteiger partial charge in [0.1, 0.15) is 0 Å². The van der Waals surface area contributed by atoms with Crippen LogP contribution in [0.5, 0.6) is 0 Å². The molecule has 0 aliphatic rings. The van der Waals surface area contributed by atoms with Gasteiger partial charge in [-0.25, -0.2) is 0 Å². The summed E-state index contributed by atoms with van der Waals surface area (Å²) in [6.07, 6.45) is 0. The number of rotatable bonds is 4. The smallest absolute Gasteiger partial charge is 0.248 e. The molecule has 92 valence electrons. The Bertz CT molecular complexity index is 401. The van der Waals surface area contributed by atoms with E-state index in [1.807, 2.05) is 0 Å². The monoisotopic (exact) mass is 251 g/mol. The predicted molar refractivity (Wildman–Crippen MR) is 74.0 cm³/mol. The number of nitrogens with one attached hydrogen (secondary N) is 2. The summed E-state index contributed by atoms with van der Waals surface area (Å²) in [6, 6.07) is 6.86. The summed E-state index contributed by atoms with van der Waals surface area (Å²) >= 11 is 5.12. The number of hydrogen-bond acceptors (Lipinski definition) is 2. The first kappa shape index (κ1) is 13.4. The summed E-state index contributed by atoms with van der Waals surface area (Å²) in [5, 5.41) is 6.70. The molecule has 4 nitrogen and oxygen atoms in total. The normalized spacial score (nSPS) is 10.1. The van der Waals surface area contributed by atoms with Gasteiger partial charge in [-0.05, 0) is 42.4 Å². The van der Waals surface area contributed by atoms with Crippen molar-refractivity contribution in [3.05, 3.63) is 29.8 Å². The average Bonchev–Trinajstić information content (AvgIpc) is 2.27. The molecule has 17 heavy (non-hydrogen) atoms. The van der Waals surface area contributed by atoms with Crippen molar-refractivity contribution in [2.24, 2.45) is 11.7 Å². The average molecular weight is 251 g/mol. The van der Waals surface area contributed by atoms with Gasteiger partial charge >= 0.3 is 0 Å². The molecule has 0 aromatic heterocycles. The van der Waals surface area contributed by atoms with Crippen molar-refractivity contribution < 1.29 is 4.79 Å². The summed E-state index contributed by atoms with van der Waals surface area (Å²) in [5.41, 5.74) is 6.46. The van der Waals surface area contributed by atoms with Crippen molar-refractivity contribution in [3.63, 3.8) is 0 Å². The van der Waals surface area contributed by atoms with Gasteiger partial charge in [-0.1, -0.05) is 13.8 Å². The lowest BCUT2D eigenvalue weighted by atomic mass is 10.2. The van der Waals surface area contributed by atoms with E-state index in [0.717, 1.165) is 12.2 Å². The van der Waals surface area contributed by atoms with Crippen molar-refractivity contribution in [3.8, 4) is 0 Å². The van der Waals surface area contributed by atoms with E-state index in [4.69, 9.17) is 18.0 Å². The van der Waals surface area contributed by atoms with Gasteiger partial charge in [0.05, 0.1) is 0 Å². The van der Waals surface area contributed by atoms with Crippen LogP contribution in [0.4, 0.5) is 5.69 Å². The number of thiocarbonyl (C=S) groups is 1. The number of hydrogen-bond donors (Lipinski definition) is 3. The molecule has 0 saturated heterocycles. The number of nitrogens with two attached hydrogens (primary N) is 1. The van der Waals surface area contributed by atoms with Crippen LogP contribution in [0.15, 0.2) is 24.3 Å². The third-order valence-corrected chi connectivity index (χ3v) is 2.34. The SMILES string of the molecule is CC(C)CNC(=S)Nc1ccc(C(N)=O)cc1. The van der Waals surface area contributed by atoms with Crippen LogP contribution in [0.25, 0.3) is 0 Å². The van der Waals surface area contributed by atoms with Crippen molar-refractivity contribution in [1.29, 1.82) is 0 Å². The van der Waals surface area contributed by atoms with Gasteiger partial charge in [0.2, 0.25) is 5.91 Å². The zero-order valence-electron chi connectivity index (χ0n) is 9.99. The molecule has 1 amide bonds. The Kier molecular flexibility index (Phi) is 4.90. The van der Waals surface area contributed by atoms with Gasteiger partial charge in [0, 0.05) is 17.8 Å². The first-order chi connectivity index (χ1) is 7.99. The summed E-state index contributed by atoms with van der Waals surface area (Å²) < 4.78 is 0. The van der Waals surface area contributed by atoms with E-state index in [0.29, 0.717) is 16.6 Å². The second-order valence-electron chi connectivity index (χ2n) is 4.17. The number of carbonyl (C=O) groups is 1. The quantitative estimate of drug-likeness (QED) is 0.713. The molecule has 0 heterocycles. The van der Waals surface area contributed by atoms with Gasteiger partial charge in [-0.15, -0.1) is 0 Å². The summed E-state index contributed by atoms with van der Waals surface area (Å²) in [7, 11) is 0. The van der Waals surface area contributed by atoms with Gasteiger partial charge in [0.15, 0.2) is 5.11 Å². The number of anilines is 1. The maximum atomic E-state index is 10.9. The zero-order chi connectivity index (χ0) is 12.8. The molecule has 0 spiro atoms. The lowest BCUT2D eigenvalue weighted by Crippen LogP contribution is -2.31. The van der Waals surface area contributed by atoms with Crippen LogP contribution in [0.1, 0.15) is 24.2 Å². The van der Waals surface area contributed by atoms with E-state index >= 15 is 0 Å². The molecule has 0 atom stereocenters. The van der Waals surface area contributed by atoms with Gasteiger partial charge in [-0.2, -0.15) is 0 Å². The van der Waals surface area contributed by atoms with Crippen LogP contribution in [-0.4, -0.2) is 17.6 Å². The van der Waals surface area contributed by atoms with E-state index in [2.05, 4.69) is 24.5 Å². The van der Waals surface area contributed by atoms with Gasteiger partial charge in [-0.3, -0.25) is 4.79 Å². The molecular formula is C12H17N3OS. The highest BCUT2D eigenvalue weighted by Gasteiger charge is 2.01. The Morgan fingerprint density at radius 3 is 2.41 bits per heavy atom. The second kappa shape index (κ2) is 6.20. The van der Waals surface area contributed by atoms with Crippen LogP contribution >= 0.6 is 12.2 Å². The molecule has 0 aliphatic heterocycles. The molecule has 0 aliphatic carbocycles. The fourth-order valence-corrected chi connectivity index (χ4v) is 1.39. The zero-order valence-corrected chi connectivity index (χ0v) is 10.8. The number of primary amides is 1. The molecule has 5 heteroatoms. The van der Waals surface area contributed by atoms with Crippen LogP contribution < -0.4 is 16.4 Å². The Balaban J connectivity index is 2.51. The lowest BCUT2D eigenvalue weighted by Gasteiger charge is -2.12. The minimum Gasteiger partial charge on any atom is -0.366 e. The number of amides is 1. The fourth-order valence-electron chi connectivity index (χ4n) is 1.19. The minimum atomic E-state index is -0.433. The Hall–Kier alpha value is -1.62. The molecule has 1 aromatic rings. The summed E-state index contributed by atoms with van der Waals surface area (Å²) in [5.74, 6) is 0.101. The molecular weight excluding hydrogens is 234 g/mol. The highest BCUT2D eigenvalue weighted by Crippen LogP contribution is 2.08. The van der Waals surface area contributed by atoms with Crippen LogP contribution in [0, 0.1) is 5.92 Å². The molecule has 4 N–H and O–H groups in total. The molecule has 1 aromatic carbocycles. The topological polar surface area (TPSA) is 67.2 Å². The van der Waals surface area contributed by atoms with E-state index in [-0.39, 0.29) is 0 Å². The number of benzene rings is 1. The Morgan fingerprint density at radius 2 is 1.94 bits per heavy atom. The highest BCUT2D eigenvalue weighted by atomic mass is 32.1. The Morgan fingerprint density at radius 1 is 1.35 bits per heavy atom. The van der Waals surface area contributed by atoms with Gasteiger partial charge < -0.3 is 16.4 Å². The lowest BCUT2D eigenvalue weighted by molar-refractivity contribution is 0.100. The maximum Gasteiger partial charge on any atom is 0.248 e. The fraction of sp³-hybridized carbons (Fsp3) is 0.333. The van der Waals surface area contributed by atoms with E-state index < -0.39 is 5.91 Å². The van der Waals surface area contributed by atoms with E-state index in [9.17, 15) is 4.79 Å².